The molecule has 0 fully saturated rings. The molecule has 0 aliphatic rings. The second-order valence-corrected chi connectivity index (χ2v) is 18.6. The van der Waals surface area contributed by atoms with Gasteiger partial charge in [0.2, 0.25) is 0 Å². The van der Waals surface area contributed by atoms with E-state index >= 15 is 0 Å². The van der Waals surface area contributed by atoms with E-state index in [1.807, 2.05) is 0 Å². The molecule has 0 amide bonds. The second-order valence-electron chi connectivity index (χ2n) is 15.8. The molecule has 9 heteroatoms. The molecular weight excluding hydrogens is 777 g/mol. The maximum atomic E-state index is 11.4. The molecule has 6 nitrogen and oxygen atoms in total. The van der Waals surface area contributed by atoms with Gasteiger partial charge in [0.05, 0.1) is 9.79 Å². The van der Waals surface area contributed by atoms with Crippen LogP contribution >= 0.6 is 0 Å². The minimum atomic E-state index is -4.42. The Morgan fingerprint density at radius 3 is 0.842 bits per heavy atom. The first kappa shape index (κ1) is 51.6. The van der Waals surface area contributed by atoms with Crippen molar-refractivity contribution in [2.75, 3.05) is 0 Å². The van der Waals surface area contributed by atoms with Gasteiger partial charge in [-0.1, -0.05) is 167 Å². The Labute approximate surface area is 376 Å². The van der Waals surface area contributed by atoms with Crippen LogP contribution in [0.1, 0.15) is 178 Å². The number of aryl methyl sites for hydroxylation is 4. The SMILES string of the molecule is CCCCCCCc1cc2ccc(S(=O)(=O)[O-])cc2cc1CCCCCCC.CCCCCCCc1cc2ccc(S(=O)(=O)[O-])cc2cc1CCCCCCC.[Ca+2]. The van der Waals surface area contributed by atoms with Crippen molar-refractivity contribution in [3.63, 3.8) is 0 Å². The Bertz CT molecular complexity index is 1830. The van der Waals surface area contributed by atoms with Crippen LogP contribution in [0.25, 0.3) is 21.5 Å². The molecule has 0 saturated heterocycles. The quantitative estimate of drug-likeness (QED) is 0.0353. The summed E-state index contributed by atoms with van der Waals surface area (Å²) in [6.07, 6.45) is 29.2. The minimum Gasteiger partial charge on any atom is -0.744 e. The predicted molar refractivity (Wildman–Crippen MR) is 239 cm³/mol. The molecule has 57 heavy (non-hydrogen) atoms. The van der Waals surface area contributed by atoms with Gasteiger partial charge in [0, 0.05) is 0 Å². The van der Waals surface area contributed by atoms with Gasteiger partial charge in [-0.3, -0.25) is 0 Å². The Hall–Kier alpha value is -1.52. The first-order chi connectivity index (χ1) is 26.9. The van der Waals surface area contributed by atoms with Gasteiger partial charge in [0.15, 0.2) is 0 Å². The van der Waals surface area contributed by atoms with Crippen molar-refractivity contribution in [2.24, 2.45) is 0 Å². The summed E-state index contributed by atoms with van der Waals surface area (Å²) < 4.78 is 68.2. The Kier molecular flexibility index (Phi) is 25.4. The molecule has 0 bridgehead atoms. The monoisotopic (exact) mass is 846 g/mol. The van der Waals surface area contributed by atoms with Crippen LogP contribution in [0, 0.1) is 0 Å². The summed E-state index contributed by atoms with van der Waals surface area (Å²) >= 11 is 0. The van der Waals surface area contributed by atoms with Crippen molar-refractivity contribution >= 4 is 79.5 Å². The van der Waals surface area contributed by atoms with Crippen molar-refractivity contribution < 1.29 is 25.9 Å². The number of rotatable bonds is 26. The summed E-state index contributed by atoms with van der Waals surface area (Å²) in [5.74, 6) is 0. The molecule has 0 saturated carbocycles. The molecule has 4 rings (SSSR count). The van der Waals surface area contributed by atoms with Crippen molar-refractivity contribution in [2.45, 2.75) is 192 Å². The summed E-state index contributed by atoms with van der Waals surface area (Å²) in [6.45, 7) is 8.91. The summed E-state index contributed by atoms with van der Waals surface area (Å²) in [5.41, 5.74) is 5.41. The fourth-order valence-corrected chi connectivity index (χ4v) is 8.67. The van der Waals surface area contributed by atoms with Gasteiger partial charge in [-0.05, 0) is 119 Å². The van der Waals surface area contributed by atoms with Gasteiger partial charge < -0.3 is 9.11 Å². The van der Waals surface area contributed by atoms with Crippen LogP contribution in [0.2, 0.25) is 0 Å². The van der Waals surface area contributed by atoms with Crippen LogP contribution in [0.15, 0.2) is 70.5 Å². The van der Waals surface area contributed by atoms with Crippen molar-refractivity contribution in [3.05, 3.63) is 82.9 Å². The average Bonchev–Trinajstić information content (AvgIpc) is 3.16. The third-order valence-corrected chi connectivity index (χ3v) is 12.7. The molecule has 0 N–H and O–H groups in total. The van der Waals surface area contributed by atoms with Crippen LogP contribution < -0.4 is 0 Å². The molecule has 0 unspecified atom stereocenters. The molecule has 0 aromatic heterocycles. The topological polar surface area (TPSA) is 114 Å². The minimum absolute atomic E-state index is 0. The van der Waals surface area contributed by atoms with Crippen molar-refractivity contribution in [1.82, 2.24) is 0 Å². The average molecular weight is 847 g/mol. The van der Waals surface area contributed by atoms with Crippen molar-refractivity contribution in [3.8, 4) is 0 Å². The molecule has 312 valence electrons. The van der Waals surface area contributed by atoms with Crippen LogP contribution in [0.3, 0.4) is 0 Å². The Balaban J connectivity index is 0.000000387. The molecule has 0 aliphatic heterocycles. The Morgan fingerprint density at radius 2 is 0.596 bits per heavy atom. The summed E-state index contributed by atoms with van der Waals surface area (Å²) in [4.78, 5) is -0.276. The summed E-state index contributed by atoms with van der Waals surface area (Å²) in [6, 6.07) is 18.1. The largest absolute Gasteiger partial charge is 2.00 e. The predicted octanol–water partition coefficient (Wildman–Crippen LogP) is 13.2. The summed E-state index contributed by atoms with van der Waals surface area (Å²) in [5, 5.41) is 3.75. The number of hydrogen-bond acceptors (Lipinski definition) is 6. The maximum Gasteiger partial charge on any atom is 2.00 e. The van der Waals surface area contributed by atoms with E-state index in [1.165, 1.54) is 162 Å². The maximum absolute atomic E-state index is 11.4. The van der Waals surface area contributed by atoms with E-state index in [9.17, 15) is 25.9 Å². The fourth-order valence-electron chi connectivity index (χ4n) is 7.66. The Morgan fingerprint density at radius 1 is 0.351 bits per heavy atom. The number of unbranched alkanes of at least 4 members (excludes halogenated alkanes) is 16. The van der Waals surface area contributed by atoms with Crippen molar-refractivity contribution in [1.29, 1.82) is 0 Å². The van der Waals surface area contributed by atoms with Gasteiger partial charge in [0.25, 0.3) is 0 Å². The van der Waals surface area contributed by atoms with E-state index in [4.69, 9.17) is 0 Å². The van der Waals surface area contributed by atoms with Gasteiger partial charge in [0.1, 0.15) is 20.2 Å². The van der Waals surface area contributed by atoms with Gasteiger partial charge >= 0.3 is 37.7 Å². The third kappa shape index (κ3) is 19.2. The number of hydrogen-bond donors (Lipinski definition) is 0. The molecule has 0 heterocycles. The molecule has 0 spiro atoms. The third-order valence-electron chi connectivity index (χ3n) is 11.0. The first-order valence-corrected chi connectivity index (χ1v) is 24.8. The summed E-state index contributed by atoms with van der Waals surface area (Å²) in [7, 11) is -8.84. The first-order valence-electron chi connectivity index (χ1n) is 21.9. The van der Waals surface area contributed by atoms with Crippen LogP contribution in [-0.2, 0) is 45.9 Å². The zero-order valence-corrected chi connectivity index (χ0v) is 39.6. The second kappa shape index (κ2) is 28.1. The van der Waals surface area contributed by atoms with Gasteiger partial charge in [-0.25, -0.2) is 16.8 Å². The van der Waals surface area contributed by atoms with E-state index in [0.29, 0.717) is 0 Å². The zero-order chi connectivity index (χ0) is 40.8. The molecule has 4 aromatic rings. The van der Waals surface area contributed by atoms with Crippen LogP contribution in [0.5, 0.6) is 0 Å². The number of benzene rings is 4. The molecular formula is C48H70CaO6S2. The van der Waals surface area contributed by atoms with Gasteiger partial charge in [-0.2, -0.15) is 0 Å². The zero-order valence-electron chi connectivity index (χ0n) is 35.7. The van der Waals surface area contributed by atoms with Crippen LogP contribution in [-0.4, -0.2) is 63.7 Å². The molecule has 0 atom stereocenters. The van der Waals surface area contributed by atoms with E-state index in [0.717, 1.165) is 60.1 Å². The number of fused-ring (bicyclic) bond motifs is 2. The van der Waals surface area contributed by atoms with E-state index in [2.05, 4.69) is 52.0 Å². The normalized spacial score (nSPS) is 11.8. The van der Waals surface area contributed by atoms with Crippen LogP contribution in [0.4, 0.5) is 0 Å². The molecule has 0 radical (unpaired) electrons. The van der Waals surface area contributed by atoms with Gasteiger partial charge in [-0.15, -0.1) is 0 Å². The standard InChI is InChI=1S/2C24H36O3S.Ca/c2*1-3-5-7-9-11-13-20-17-22-15-16-24(28(25,26)27)19-23(22)18-21(20)14-12-10-8-6-4-2;/h2*15-19H,3-14H2,1-2H3,(H,25,26,27);/q;;+2/p-2. The molecule has 4 aromatic carbocycles. The fraction of sp³-hybridized carbons (Fsp3) is 0.583. The van der Waals surface area contributed by atoms with E-state index in [1.54, 1.807) is 12.1 Å². The van der Waals surface area contributed by atoms with E-state index in [-0.39, 0.29) is 47.5 Å². The molecule has 0 aliphatic carbocycles. The smallest absolute Gasteiger partial charge is 0.744 e. The van der Waals surface area contributed by atoms with E-state index < -0.39 is 20.2 Å².